The van der Waals surface area contributed by atoms with Crippen LogP contribution in [0.1, 0.15) is 20.8 Å². The highest BCUT2D eigenvalue weighted by Crippen LogP contribution is 2.21. The summed E-state index contributed by atoms with van der Waals surface area (Å²) in [5.41, 5.74) is 5.50. The van der Waals surface area contributed by atoms with E-state index in [4.69, 9.17) is 10.5 Å². The van der Waals surface area contributed by atoms with Crippen molar-refractivity contribution in [1.82, 2.24) is 0 Å². The van der Waals surface area contributed by atoms with Gasteiger partial charge >= 0.3 is 0 Å². The average molecular weight is 254 g/mol. The standard InChI is InChI=1S/C13H19FN2O2/c1-8(2)18-10-4-5-12(11(14)6-10)16-13(17)9(3)7-15/h4-6,8-9H,7,15H2,1-3H3,(H,16,17). The van der Waals surface area contributed by atoms with Crippen molar-refractivity contribution >= 4 is 11.6 Å². The van der Waals surface area contributed by atoms with Crippen LogP contribution in [0.15, 0.2) is 18.2 Å². The molecule has 0 saturated carbocycles. The number of halogens is 1. The lowest BCUT2D eigenvalue weighted by Crippen LogP contribution is -2.27. The molecule has 0 heterocycles. The third-order valence-electron chi connectivity index (χ3n) is 2.37. The van der Waals surface area contributed by atoms with Crippen molar-refractivity contribution in [2.45, 2.75) is 26.9 Å². The summed E-state index contributed by atoms with van der Waals surface area (Å²) in [6, 6.07) is 4.35. The van der Waals surface area contributed by atoms with E-state index in [0.717, 1.165) is 0 Å². The van der Waals surface area contributed by atoms with E-state index >= 15 is 0 Å². The van der Waals surface area contributed by atoms with E-state index in [2.05, 4.69) is 5.32 Å². The van der Waals surface area contributed by atoms with Gasteiger partial charge in [0.1, 0.15) is 11.6 Å². The van der Waals surface area contributed by atoms with Crippen molar-refractivity contribution in [2.75, 3.05) is 11.9 Å². The molecule has 1 unspecified atom stereocenters. The van der Waals surface area contributed by atoms with E-state index in [9.17, 15) is 9.18 Å². The van der Waals surface area contributed by atoms with Gasteiger partial charge in [0.15, 0.2) is 0 Å². The first-order valence-electron chi connectivity index (χ1n) is 5.91. The maximum atomic E-state index is 13.7. The van der Waals surface area contributed by atoms with E-state index in [1.165, 1.54) is 12.1 Å². The van der Waals surface area contributed by atoms with Gasteiger partial charge < -0.3 is 15.8 Å². The van der Waals surface area contributed by atoms with Crippen molar-refractivity contribution in [3.05, 3.63) is 24.0 Å². The van der Waals surface area contributed by atoms with Crippen LogP contribution in [0.5, 0.6) is 5.75 Å². The van der Waals surface area contributed by atoms with Crippen molar-refractivity contribution in [3.8, 4) is 5.75 Å². The molecule has 1 amide bonds. The Balaban J connectivity index is 2.76. The predicted octanol–water partition coefficient (Wildman–Crippen LogP) is 2.15. The lowest BCUT2D eigenvalue weighted by Gasteiger charge is -2.13. The molecule has 3 N–H and O–H groups in total. The number of hydrogen-bond acceptors (Lipinski definition) is 3. The maximum absolute atomic E-state index is 13.7. The molecule has 0 aliphatic carbocycles. The van der Waals surface area contributed by atoms with Crippen molar-refractivity contribution in [2.24, 2.45) is 11.7 Å². The van der Waals surface area contributed by atoms with Crippen LogP contribution in [0.3, 0.4) is 0 Å². The monoisotopic (exact) mass is 254 g/mol. The molecule has 0 fully saturated rings. The van der Waals surface area contributed by atoms with Crippen LogP contribution in [0.4, 0.5) is 10.1 Å². The van der Waals surface area contributed by atoms with Crippen LogP contribution in [0, 0.1) is 11.7 Å². The highest BCUT2D eigenvalue weighted by atomic mass is 19.1. The molecule has 5 heteroatoms. The Morgan fingerprint density at radius 3 is 2.61 bits per heavy atom. The molecule has 1 rings (SSSR count). The van der Waals surface area contributed by atoms with Crippen LogP contribution in [-0.4, -0.2) is 18.6 Å². The second-order valence-corrected chi connectivity index (χ2v) is 4.43. The van der Waals surface area contributed by atoms with Crippen molar-refractivity contribution < 1.29 is 13.9 Å². The molecule has 0 saturated heterocycles. The quantitative estimate of drug-likeness (QED) is 0.846. The normalized spacial score (nSPS) is 12.3. The van der Waals surface area contributed by atoms with E-state index in [0.29, 0.717) is 5.75 Å². The minimum atomic E-state index is -0.522. The summed E-state index contributed by atoms with van der Waals surface area (Å²) in [6.45, 7) is 5.62. The van der Waals surface area contributed by atoms with Crippen LogP contribution in [0.2, 0.25) is 0 Å². The number of amides is 1. The molecule has 0 bridgehead atoms. The van der Waals surface area contributed by atoms with Gasteiger partial charge in [0.25, 0.3) is 0 Å². The summed E-state index contributed by atoms with van der Waals surface area (Å²) >= 11 is 0. The van der Waals surface area contributed by atoms with E-state index < -0.39 is 5.82 Å². The van der Waals surface area contributed by atoms with E-state index in [1.807, 2.05) is 13.8 Å². The molecule has 1 aromatic carbocycles. The fourth-order valence-corrected chi connectivity index (χ4v) is 1.31. The number of anilines is 1. The molecule has 0 radical (unpaired) electrons. The Kier molecular flexibility index (Phi) is 5.09. The lowest BCUT2D eigenvalue weighted by molar-refractivity contribution is -0.119. The molecular weight excluding hydrogens is 235 g/mol. The Bertz CT molecular complexity index is 421. The minimum Gasteiger partial charge on any atom is -0.491 e. The molecule has 0 aliphatic rings. The molecule has 0 aromatic heterocycles. The molecule has 4 nitrogen and oxygen atoms in total. The Labute approximate surface area is 106 Å². The van der Waals surface area contributed by atoms with Gasteiger partial charge in [-0.1, -0.05) is 6.92 Å². The summed E-state index contributed by atoms with van der Waals surface area (Å²) in [7, 11) is 0. The lowest BCUT2D eigenvalue weighted by atomic mass is 10.1. The zero-order valence-electron chi connectivity index (χ0n) is 10.9. The fourth-order valence-electron chi connectivity index (χ4n) is 1.31. The second-order valence-electron chi connectivity index (χ2n) is 4.43. The van der Waals surface area contributed by atoms with Crippen LogP contribution in [-0.2, 0) is 4.79 Å². The number of nitrogens with one attached hydrogen (secondary N) is 1. The van der Waals surface area contributed by atoms with Gasteiger partial charge in [-0.3, -0.25) is 4.79 Å². The first-order chi connectivity index (χ1) is 8.43. The van der Waals surface area contributed by atoms with Gasteiger partial charge in [0.2, 0.25) is 5.91 Å². The summed E-state index contributed by atoms with van der Waals surface area (Å²) in [5, 5.41) is 2.49. The molecular formula is C13H19FN2O2. The smallest absolute Gasteiger partial charge is 0.228 e. The first kappa shape index (κ1) is 14.4. The molecule has 1 atom stereocenters. The van der Waals surface area contributed by atoms with Gasteiger partial charge in [-0.05, 0) is 26.0 Å². The zero-order valence-corrected chi connectivity index (χ0v) is 10.9. The summed E-state index contributed by atoms with van der Waals surface area (Å²) in [6.07, 6.45) is -0.0258. The number of carbonyl (C=O) groups is 1. The maximum Gasteiger partial charge on any atom is 0.228 e. The van der Waals surface area contributed by atoms with Crippen molar-refractivity contribution in [3.63, 3.8) is 0 Å². The summed E-state index contributed by atoms with van der Waals surface area (Å²) in [4.78, 5) is 11.6. The third-order valence-corrected chi connectivity index (χ3v) is 2.37. The minimum absolute atomic E-state index is 0.0258. The number of hydrogen-bond donors (Lipinski definition) is 2. The zero-order chi connectivity index (χ0) is 13.7. The second kappa shape index (κ2) is 6.35. The largest absolute Gasteiger partial charge is 0.491 e. The van der Waals surface area contributed by atoms with Crippen LogP contribution < -0.4 is 15.8 Å². The SMILES string of the molecule is CC(C)Oc1ccc(NC(=O)C(C)CN)c(F)c1. The fraction of sp³-hybridized carbons (Fsp3) is 0.462. The van der Waals surface area contributed by atoms with E-state index in [1.54, 1.807) is 13.0 Å². The predicted molar refractivity (Wildman–Crippen MR) is 69.0 cm³/mol. The highest BCUT2D eigenvalue weighted by Gasteiger charge is 2.13. The van der Waals surface area contributed by atoms with Gasteiger partial charge in [0.05, 0.1) is 11.8 Å². The number of nitrogens with two attached hydrogens (primary N) is 1. The third kappa shape index (κ3) is 4.00. The number of carbonyl (C=O) groups excluding carboxylic acids is 1. The van der Waals surface area contributed by atoms with E-state index in [-0.39, 0.29) is 30.2 Å². The first-order valence-corrected chi connectivity index (χ1v) is 5.91. The van der Waals surface area contributed by atoms with Crippen molar-refractivity contribution in [1.29, 1.82) is 0 Å². The van der Waals surface area contributed by atoms with Gasteiger partial charge in [0, 0.05) is 18.5 Å². The number of rotatable bonds is 5. The molecule has 100 valence electrons. The highest BCUT2D eigenvalue weighted by molar-refractivity contribution is 5.92. The summed E-state index contributed by atoms with van der Waals surface area (Å²) in [5.74, 6) is -0.733. The Morgan fingerprint density at radius 2 is 2.11 bits per heavy atom. The van der Waals surface area contributed by atoms with Crippen LogP contribution >= 0.6 is 0 Å². The topological polar surface area (TPSA) is 64.3 Å². The summed E-state index contributed by atoms with van der Waals surface area (Å²) < 4.78 is 19.1. The molecule has 1 aromatic rings. The van der Waals surface area contributed by atoms with Gasteiger partial charge in [-0.25, -0.2) is 4.39 Å². The Hall–Kier alpha value is -1.62. The van der Waals surface area contributed by atoms with Gasteiger partial charge in [-0.2, -0.15) is 0 Å². The Morgan fingerprint density at radius 1 is 1.44 bits per heavy atom. The molecule has 0 spiro atoms. The van der Waals surface area contributed by atoms with Crippen LogP contribution in [0.25, 0.3) is 0 Å². The average Bonchev–Trinajstić information content (AvgIpc) is 2.30. The van der Waals surface area contributed by atoms with Gasteiger partial charge in [-0.15, -0.1) is 0 Å². The number of ether oxygens (including phenoxy) is 1. The molecule has 0 aliphatic heterocycles. The molecule has 18 heavy (non-hydrogen) atoms. The number of benzene rings is 1.